The van der Waals surface area contributed by atoms with E-state index in [0.717, 1.165) is 36.5 Å². The first kappa shape index (κ1) is 14.2. The molecule has 6 heteroatoms. The molecule has 1 fully saturated rings. The summed E-state index contributed by atoms with van der Waals surface area (Å²) in [6, 6.07) is 1.83. The Hall–Kier alpha value is -1.17. The zero-order valence-corrected chi connectivity index (χ0v) is 11.0. The van der Waals surface area contributed by atoms with Gasteiger partial charge in [-0.25, -0.2) is 13.2 Å². The average Bonchev–Trinajstić information content (AvgIpc) is 2.41. The van der Waals surface area contributed by atoms with Crippen molar-refractivity contribution < 1.29 is 18.0 Å². The quantitative estimate of drug-likeness (QED) is 0.862. The predicted molar refractivity (Wildman–Crippen MR) is 69.6 cm³/mol. The highest BCUT2D eigenvalue weighted by Crippen LogP contribution is 2.26. The van der Waals surface area contributed by atoms with Crippen LogP contribution in [0.4, 0.5) is 18.9 Å². The number of anilines is 1. The van der Waals surface area contributed by atoms with Crippen LogP contribution in [0, 0.1) is 23.4 Å². The van der Waals surface area contributed by atoms with Crippen LogP contribution in [0.1, 0.15) is 19.3 Å². The van der Waals surface area contributed by atoms with Crippen LogP contribution >= 0.6 is 11.8 Å². The molecule has 0 saturated carbocycles. The van der Waals surface area contributed by atoms with Crippen LogP contribution in [0.25, 0.3) is 0 Å². The van der Waals surface area contributed by atoms with Gasteiger partial charge in [-0.3, -0.25) is 4.79 Å². The Balaban J connectivity index is 1.97. The molecule has 1 amide bonds. The van der Waals surface area contributed by atoms with Crippen LogP contribution in [-0.2, 0) is 4.79 Å². The number of hydrogen-bond acceptors (Lipinski definition) is 2. The second kappa shape index (κ2) is 6.32. The number of halogens is 3. The molecule has 2 rings (SSSR count). The van der Waals surface area contributed by atoms with E-state index in [-0.39, 0.29) is 17.5 Å². The largest absolute Gasteiger partial charge is 0.323 e. The summed E-state index contributed by atoms with van der Waals surface area (Å²) in [5, 5.41) is 2.30. The van der Waals surface area contributed by atoms with Gasteiger partial charge < -0.3 is 5.32 Å². The maximum Gasteiger partial charge on any atom is 0.224 e. The topological polar surface area (TPSA) is 29.1 Å². The monoisotopic (exact) mass is 289 g/mol. The normalized spacial score (nSPS) is 16.4. The van der Waals surface area contributed by atoms with E-state index in [1.54, 1.807) is 0 Å². The Bertz CT molecular complexity index is 475. The third-order valence-corrected chi connectivity index (χ3v) is 4.17. The van der Waals surface area contributed by atoms with Crippen molar-refractivity contribution in [2.45, 2.75) is 19.3 Å². The second-order valence-corrected chi connectivity index (χ2v) is 5.76. The van der Waals surface area contributed by atoms with Crippen molar-refractivity contribution in [1.82, 2.24) is 0 Å². The first-order chi connectivity index (χ1) is 9.08. The fraction of sp³-hybridized carbons (Fsp3) is 0.462. The van der Waals surface area contributed by atoms with Crippen LogP contribution in [-0.4, -0.2) is 17.4 Å². The molecule has 19 heavy (non-hydrogen) atoms. The Kier molecular flexibility index (Phi) is 4.74. The molecular weight excluding hydrogens is 275 g/mol. The number of hydrogen-bond donors (Lipinski definition) is 1. The summed E-state index contributed by atoms with van der Waals surface area (Å²) in [5.74, 6) is -2.20. The lowest BCUT2D eigenvalue weighted by Crippen LogP contribution is -2.20. The number of carbonyl (C=O) groups is 1. The number of nitrogens with one attached hydrogen (secondary N) is 1. The molecule has 1 aromatic rings. The molecule has 1 aromatic carbocycles. The summed E-state index contributed by atoms with van der Waals surface area (Å²) in [6.07, 6.45) is 2.20. The lowest BCUT2D eigenvalue weighted by Gasteiger charge is -2.20. The molecule has 0 unspecified atom stereocenters. The molecule has 1 saturated heterocycles. The van der Waals surface area contributed by atoms with E-state index in [4.69, 9.17) is 0 Å². The van der Waals surface area contributed by atoms with Gasteiger partial charge in [0.15, 0.2) is 17.5 Å². The summed E-state index contributed by atoms with van der Waals surface area (Å²) < 4.78 is 39.1. The lowest BCUT2D eigenvalue weighted by molar-refractivity contribution is -0.117. The maximum atomic E-state index is 13.4. The van der Waals surface area contributed by atoms with Crippen molar-refractivity contribution in [2.24, 2.45) is 5.92 Å². The Morgan fingerprint density at radius 3 is 2.58 bits per heavy atom. The first-order valence-electron chi connectivity index (χ1n) is 6.09. The van der Waals surface area contributed by atoms with Gasteiger partial charge in [-0.1, -0.05) is 0 Å². The molecule has 2 nitrogen and oxygen atoms in total. The number of benzene rings is 1. The summed E-state index contributed by atoms with van der Waals surface area (Å²) in [6.45, 7) is 0. The summed E-state index contributed by atoms with van der Waals surface area (Å²) in [5.41, 5.74) is -0.311. The van der Waals surface area contributed by atoms with Gasteiger partial charge in [0.25, 0.3) is 0 Å². The van der Waals surface area contributed by atoms with Gasteiger partial charge in [0.05, 0.1) is 5.69 Å². The number of carbonyl (C=O) groups excluding carboxylic acids is 1. The zero-order valence-electron chi connectivity index (χ0n) is 10.2. The molecule has 0 spiro atoms. The standard InChI is InChI=1S/C13H14F3NOS/c14-9-1-2-10(13(16)12(9)15)17-11(18)7-8-3-5-19-6-4-8/h1-2,8H,3-7H2,(H,17,18). The summed E-state index contributed by atoms with van der Waals surface area (Å²) >= 11 is 1.85. The molecule has 1 heterocycles. The molecule has 0 radical (unpaired) electrons. The Labute approximate surface area is 113 Å². The van der Waals surface area contributed by atoms with Crippen LogP contribution in [0.2, 0.25) is 0 Å². The van der Waals surface area contributed by atoms with E-state index in [0.29, 0.717) is 6.42 Å². The van der Waals surface area contributed by atoms with E-state index in [1.807, 2.05) is 11.8 Å². The van der Waals surface area contributed by atoms with Crippen molar-refractivity contribution in [3.8, 4) is 0 Å². The van der Waals surface area contributed by atoms with Gasteiger partial charge in [0.1, 0.15) is 0 Å². The molecule has 1 N–H and O–H groups in total. The van der Waals surface area contributed by atoms with Gasteiger partial charge in [0.2, 0.25) is 5.91 Å². The van der Waals surface area contributed by atoms with Crippen molar-refractivity contribution >= 4 is 23.4 Å². The van der Waals surface area contributed by atoms with Crippen molar-refractivity contribution in [3.63, 3.8) is 0 Å². The van der Waals surface area contributed by atoms with E-state index in [2.05, 4.69) is 5.32 Å². The lowest BCUT2D eigenvalue weighted by atomic mass is 9.98. The molecule has 1 aliphatic heterocycles. The Morgan fingerprint density at radius 1 is 1.21 bits per heavy atom. The predicted octanol–water partition coefficient (Wildman–Crippen LogP) is 3.58. The van der Waals surface area contributed by atoms with Crippen LogP contribution in [0.15, 0.2) is 12.1 Å². The fourth-order valence-corrected chi connectivity index (χ4v) is 3.24. The minimum Gasteiger partial charge on any atom is -0.323 e. The molecule has 0 aliphatic carbocycles. The van der Waals surface area contributed by atoms with E-state index in [9.17, 15) is 18.0 Å². The zero-order chi connectivity index (χ0) is 13.8. The molecule has 0 bridgehead atoms. The highest BCUT2D eigenvalue weighted by atomic mass is 32.2. The number of rotatable bonds is 3. The molecular formula is C13H14F3NOS. The first-order valence-corrected chi connectivity index (χ1v) is 7.24. The van der Waals surface area contributed by atoms with E-state index < -0.39 is 17.5 Å². The number of amides is 1. The third-order valence-electron chi connectivity index (χ3n) is 3.12. The summed E-state index contributed by atoms with van der Waals surface area (Å²) in [7, 11) is 0. The van der Waals surface area contributed by atoms with E-state index >= 15 is 0 Å². The van der Waals surface area contributed by atoms with Crippen LogP contribution < -0.4 is 5.32 Å². The molecule has 104 valence electrons. The SMILES string of the molecule is O=C(CC1CCSCC1)Nc1ccc(F)c(F)c1F. The smallest absolute Gasteiger partial charge is 0.224 e. The van der Waals surface area contributed by atoms with Crippen molar-refractivity contribution in [3.05, 3.63) is 29.6 Å². The molecule has 1 aliphatic rings. The third kappa shape index (κ3) is 3.65. The second-order valence-electron chi connectivity index (χ2n) is 4.53. The highest BCUT2D eigenvalue weighted by molar-refractivity contribution is 7.99. The molecule has 0 atom stereocenters. The minimum atomic E-state index is -1.56. The number of thioether (sulfide) groups is 1. The van der Waals surface area contributed by atoms with Gasteiger partial charge in [-0.05, 0) is 42.4 Å². The van der Waals surface area contributed by atoms with Crippen molar-refractivity contribution in [2.75, 3.05) is 16.8 Å². The van der Waals surface area contributed by atoms with Gasteiger partial charge >= 0.3 is 0 Å². The Morgan fingerprint density at radius 2 is 1.89 bits per heavy atom. The van der Waals surface area contributed by atoms with Crippen LogP contribution in [0.3, 0.4) is 0 Å². The van der Waals surface area contributed by atoms with Gasteiger partial charge in [-0.2, -0.15) is 11.8 Å². The summed E-state index contributed by atoms with van der Waals surface area (Å²) in [4.78, 5) is 11.7. The fourth-order valence-electron chi connectivity index (χ4n) is 2.04. The molecule has 0 aromatic heterocycles. The maximum absolute atomic E-state index is 13.4. The minimum absolute atomic E-state index is 0.287. The average molecular weight is 289 g/mol. The van der Waals surface area contributed by atoms with E-state index in [1.165, 1.54) is 0 Å². The van der Waals surface area contributed by atoms with Gasteiger partial charge in [-0.15, -0.1) is 0 Å². The highest BCUT2D eigenvalue weighted by Gasteiger charge is 2.19. The van der Waals surface area contributed by atoms with Gasteiger partial charge in [0, 0.05) is 6.42 Å². The van der Waals surface area contributed by atoms with Crippen molar-refractivity contribution in [1.29, 1.82) is 0 Å². The van der Waals surface area contributed by atoms with Crippen LogP contribution in [0.5, 0.6) is 0 Å².